The van der Waals surface area contributed by atoms with E-state index in [4.69, 9.17) is 29.1 Å². The van der Waals surface area contributed by atoms with Crippen molar-refractivity contribution in [2.24, 2.45) is 0 Å². The zero-order valence-electron chi connectivity index (χ0n) is 21.0. The fraction of sp³-hybridized carbons (Fsp3) is 0.440. The normalized spacial score (nSPS) is 9.56. The van der Waals surface area contributed by atoms with Gasteiger partial charge in [0.15, 0.2) is 0 Å². The molecule has 0 spiro atoms. The summed E-state index contributed by atoms with van der Waals surface area (Å²) < 4.78 is 0. The Morgan fingerprint density at radius 1 is 0.562 bits per heavy atom. The van der Waals surface area contributed by atoms with Gasteiger partial charge in [-0.05, 0) is 96.7 Å². The Balaban J connectivity index is 0. The molecule has 2 heterocycles. The number of hydrogen-bond acceptors (Lipinski definition) is 4. The van der Waals surface area contributed by atoms with Crippen molar-refractivity contribution in [1.29, 1.82) is 0 Å². The van der Waals surface area contributed by atoms with Gasteiger partial charge in [-0.15, -0.1) is 0 Å². The van der Waals surface area contributed by atoms with Crippen LogP contribution in [0.2, 0.25) is 0 Å². The number of aryl methyl sites for hydroxylation is 6. The quantitative estimate of drug-likeness (QED) is 0.165. The van der Waals surface area contributed by atoms with E-state index in [1.165, 1.54) is 62.3 Å². The van der Waals surface area contributed by atoms with E-state index in [1.807, 2.05) is 0 Å². The molecular formula is C25H34ClN2O2PRe-. The van der Waals surface area contributed by atoms with Crippen molar-refractivity contribution in [2.75, 3.05) is 20.0 Å². The Labute approximate surface area is 210 Å². The van der Waals surface area contributed by atoms with Crippen LogP contribution in [0.5, 0.6) is 0 Å². The van der Waals surface area contributed by atoms with Crippen LogP contribution >= 0.6 is 17.5 Å². The fourth-order valence-electron chi connectivity index (χ4n) is 3.52. The maximum atomic E-state index is 7.50. The molecule has 2 radical (unpaired) electrons. The summed E-state index contributed by atoms with van der Waals surface area (Å²) in [6.07, 6.45) is 0. The van der Waals surface area contributed by atoms with Crippen LogP contribution < -0.4 is 0 Å². The number of benzene rings is 1. The minimum absolute atomic E-state index is 0.120. The molecule has 3 aromatic rings. The summed E-state index contributed by atoms with van der Waals surface area (Å²) in [4.78, 5) is 24.8. The Kier molecular flexibility index (Phi) is 16.0. The Hall–Kier alpha value is -1.24. The summed E-state index contributed by atoms with van der Waals surface area (Å²) in [7, 11) is 4.81. The zero-order valence-corrected chi connectivity index (χ0v) is 25.4. The SMILES string of the molecule is C[PH+](C)C.Cc1nc2c(c(C)c1C)c(C)c(C)c1c(C)c(C)c(C)nc12.[C-]=O.[C-]=O.[Cl][Re]. The number of halogens is 1. The summed E-state index contributed by atoms with van der Waals surface area (Å²) in [5.74, 6) is 0. The van der Waals surface area contributed by atoms with Gasteiger partial charge in [0.2, 0.25) is 0 Å². The topological polar surface area (TPSA) is 59.9 Å². The van der Waals surface area contributed by atoms with Crippen LogP contribution in [0.4, 0.5) is 0 Å². The molecular weight excluding hydrogens is 613 g/mol. The molecule has 0 N–H and O–H groups in total. The Morgan fingerprint density at radius 2 is 0.750 bits per heavy atom. The first-order valence-corrected chi connectivity index (χ1v) is 16.3. The second kappa shape index (κ2) is 15.6. The van der Waals surface area contributed by atoms with Crippen LogP contribution in [0, 0.1) is 55.4 Å². The molecule has 0 aliphatic carbocycles. The van der Waals surface area contributed by atoms with Gasteiger partial charge in [0.05, 0.1) is 11.0 Å². The number of carbonyl (C=O) groups excluding carboxylic acids is 2. The van der Waals surface area contributed by atoms with E-state index in [0.717, 1.165) is 22.4 Å². The molecule has 0 bridgehead atoms. The van der Waals surface area contributed by atoms with Crippen LogP contribution in [0.3, 0.4) is 0 Å². The van der Waals surface area contributed by atoms with Gasteiger partial charge in [-0.25, -0.2) is 0 Å². The summed E-state index contributed by atoms with van der Waals surface area (Å²) in [6, 6.07) is 0. The number of rotatable bonds is 0. The van der Waals surface area contributed by atoms with Crippen LogP contribution in [-0.2, 0) is 27.8 Å². The van der Waals surface area contributed by atoms with Crippen LogP contribution in [0.15, 0.2) is 0 Å². The molecule has 0 unspecified atom stereocenters. The molecule has 7 heteroatoms. The fourth-order valence-corrected chi connectivity index (χ4v) is 3.52. The maximum absolute atomic E-state index is 7.50. The zero-order chi connectivity index (χ0) is 25.9. The molecule has 0 aliphatic rings. The third-order valence-electron chi connectivity index (χ3n) is 5.53. The average Bonchev–Trinajstić information content (AvgIpc) is 2.77. The molecule has 1 aromatic carbocycles. The standard InChI is InChI=1S/C20H24N2.C3H9P.2CO.ClH.Re/c1-9-11(3)17-13(5)14(6)18-12(4)10(2)16(8)22-20(18)19(17)21-15(9)7;1-4(2)3;2*1-2;;/h1-8H3;1-3H3;;;1H;/q;;2*-1;;+1. The molecule has 0 atom stereocenters. The molecule has 0 fully saturated rings. The van der Waals surface area contributed by atoms with Crippen molar-refractivity contribution in [3.05, 3.63) is 44.8 Å². The van der Waals surface area contributed by atoms with Crippen LogP contribution in [0.1, 0.15) is 44.8 Å². The van der Waals surface area contributed by atoms with Gasteiger partial charge < -0.3 is 23.2 Å². The Morgan fingerprint density at radius 3 is 0.969 bits per heavy atom. The van der Waals surface area contributed by atoms with E-state index >= 15 is 0 Å². The van der Waals surface area contributed by atoms with Gasteiger partial charge >= 0.3 is 27.7 Å². The third-order valence-corrected chi connectivity index (χ3v) is 5.53. The molecule has 2 aromatic heterocycles. The first kappa shape index (κ1) is 32.9. The van der Waals surface area contributed by atoms with Gasteiger partial charge in [0.25, 0.3) is 0 Å². The van der Waals surface area contributed by atoms with E-state index in [0.29, 0.717) is 0 Å². The predicted octanol–water partition coefficient (Wildman–Crippen LogP) is 6.23. The second-order valence-corrected chi connectivity index (χ2v) is 11.1. The molecule has 176 valence electrons. The van der Waals surface area contributed by atoms with Crippen molar-refractivity contribution in [1.82, 2.24) is 9.97 Å². The van der Waals surface area contributed by atoms with Crippen LogP contribution in [-0.4, -0.2) is 43.5 Å². The monoisotopic (exact) mass is 647 g/mol. The summed E-state index contributed by atoms with van der Waals surface area (Å²) >= 11 is 1.19. The van der Waals surface area contributed by atoms with Gasteiger partial charge in [-0.1, -0.05) is 0 Å². The third kappa shape index (κ3) is 7.39. The first-order chi connectivity index (χ1) is 15.0. The van der Waals surface area contributed by atoms with E-state index in [1.54, 1.807) is 0 Å². The van der Waals surface area contributed by atoms with Crippen molar-refractivity contribution in [3.63, 3.8) is 0 Å². The summed E-state index contributed by atoms with van der Waals surface area (Å²) in [5, 5.41) is 2.56. The van der Waals surface area contributed by atoms with Gasteiger partial charge in [-0.3, -0.25) is 9.97 Å². The first-order valence-electron chi connectivity index (χ1n) is 9.95. The minimum atomic E-state index is 0.120. The summed E-state index contributed by atoms with van der Waals surface area (Å²) in [5.41, 5.74) is 12.2. The van der Waals surface area contributed by atoms with Gasteiger partial charge in [-0.2, -0.15) is 0 Å². The van der Waals surface area contributed by atoms with E-state index in [9.17, 15) is 0 Å². The summed E-state index contributed by atoms with van der Waals surface area (Å²) in [6.45, 7) is 33.2. The number of fused-ring (bicyclic) bond motifs is 3. The number of pyridine rings is 2. The van der Waals surface area contributed by atoms with Gasteiger partial charge in [0.1, 0.15) is 0 Å². The molecule has 0 amide bonds. The van der Waals surface area contributed by atoms with Crippen molar-refractivity contribution in [2.45, 2.75) is 55.4 Å². The van der Waals surface area contributed by atoms with Gasteiger partial charge in [0, 0.05) is 42.2 Å². The molecule has 0 saturated carbocycles. The molecule has 0 aliphatic heterocycles. The van der Waals surface area contributed by atoms with E-state index < -0.39 is 0 Å². The van der Waals surface area contributed by atoms with E-state index in [2.05, 4.69) is 89.0 Å². The number of nitrogens with zero attached hydrogens (tertiary/aromatic N) is 2. The van der Waals surface area contributed by atoms with Crippen LogP contribution in [0.25, 0.3) is 21.8 Å². The van der Waals surface area contributed by atoms with Crippen molar-refractivity contribution < 1.29 is 27.8 Å². The molecule has 0 saturated heterocycles. The predicted molar refractivity (Wildman–Crippen MR) is 138 cm³/mol. The van der Waals surface area contributed by atoms with Crippen molar-refractivity contribution in [3.8, 4) is 0 Å². The number of aromatic nitrogens is 2. The van der Waals surface area contributed by atoms with Crippen molar-refractivity contribution >= 4 is 52.8 Å². The molecule has 32 heavy (non-hydrogen) atoms. The second-order valence-electron chi connectivity index (χ2n) is 8.09. The number of hydrogen-bond donors (Lipinski definition) is 0. The molecule has 4 nitrogen and oxygen atoms in total. The average molecular weight is 647 g/mol. The molecule has 3 rings (SSSR count). The Bertz CT molecular complexity index is 973. The van der Waals surface area contributed by atoms with E-state index in [-0.39, 0.29) is 7.92 Å².